The number of ether oxygens (including phenoxy) is 2. The summed E-state index contributed by atoms with van der Waals surface area (Å²) in [6, 6.07) is 19.1. The van der Waals surface area contributed by atoms with Crippen molar-refractivity contribution in [2.24, 2.45) is 0 Å². The van der Waals surface area contributed by atoms with Crippen LogP contribution in [-0.4, -0.2) is 37.2 Å². The highest BCUT2D eigenvalue weighted by Crippen LogP contribution is 2.39. The van der Waals surface area contributed by atoms with E-state index in [2.05, 4.69) is 54.3 Å². The van der Waals surface area contributed by atoms with Crippen LogP contribution < -0.4 is 9.47 Å². The van der Waals surface area contributed by atoms with Gasteiger partial charge in [0, 0.05) is 24.0 Å². The number of hydrogen-bond acceptors (Lipinski definition) is 4. The molecule has 4 nitrogen and oxygen atoms in total. The second-order valence-corrected chi connectivity index (χ2v) is 7.79. The van der Waals surface area contributed by atoms with Crippen molar-refractivity contribution in [1.82, 2.24) is 9.88 Å². The number of likely N-dealkylation sites (N-methyl/N-ethyl adjacent to an activating group) is 1. The zero-order valence-electron chi connectivity index (χ0n) is 17.7. The summed E-state index contributed by atoms with van der Waals surface area (Å²) in [6.07, 6.45) is 1.04. The Morgan fingerprint density at radius 1 is 0.933 bits per heavy atom. The highest BCUT2D eigenvalue weighted by atomic mass is 16.5. The van der Waals surface area contributed by atoms with Crippen molar-refractivity contribution in [3.63, 3.8) is 0 Å². The van der Waals surface area contributed by atoms with Crippen LogP contribution in [0, 0.1) is 0 Å². The largest absolute Gasteiger partial charge is 0.493 e. The Balaban J connectivity index is 1.82. The maximum Gasteiger partial charge on any atom is 0.161 e. The molecule has 4 heteroatoms. The van der Waals surface area contributed by atoms with Gasteiger partial charge in [0.2, 0.25) is 0 Å². The van der Waals surface area contributed by atoms with Crippen LogP contribution in [0.25, 0.3) is 32.9 Å². The molecule has 0 bridgehead atoms. The van der Waals surface area contributed by atoms with E-state index in [1.54, 1.807) is 14.2 Å². The minimum Gasteiger partial charge on any atom is -0.493 e. The third kappa shape index (κ3) is 2.99. The predicted molar refractivity (Wildman–Crippen MR) is 122 cm³/mol. The van der Waals surface area contributed by atoms with Crippen molar-refractivity contribution in [3.8, 4) is 22.8 Å². The summed E-state index contributed by atoms with van der Waals surface area (Å²) in [6.45, 7) is 5.27. The van der Waals surface area contributed by atoms with Crippen LogP contribution >= 0.6 is 0 Å². The molecule has 0 saturated carbocycles. The number of benzene rings is 3. The Bertz CT molecular complexity index is 1250. The van der Waals surface area contributed by atoms with Gasteiger partial charge in [-0.3, -0.25) is 4.90 Å². The number of rotatable bonds is 4. The highest BCUT2D eigenvalue weighted by Gasteiger charge is 2.24. The average molecular weight is 399 g/mol. The molecule has 0 radical (unpaired) electrons. The van der Waals surface area contributed by atoms with E-state index in [4.69, 9.17) is 14.5 Å². The number of nitrogens with zero attached hydrogens (tertiary/aromatic N) is 2. The van der Waals surface area contributed by atoms with Crippen LogP contribution in [0.3, 0.4) is 0 Å². The minimum atomic E-state index is 0.729. The van der Waals surface area contributed by atoms with E-state index in [-0.39, 0.29) is 0 Å². The molecule has 0 fully saturated rings. The van der Waals surface area contributed by atoms with Crippen LogP contribution in [0.5, 0.6) is 11.5 Å². The molecule has 3 aromatic carbocycles. The highest BCUT2D eigenvalue weighted by molar-refractivity contribution is 6.09. The summed E-state index contributed by atoms with van der Waals surface area (Å²) in [5.41, 5.74) is 5.94. The molecule has 1 aromatic heterocycles. The van der Waals surface area contributed by atoms with Gasteiger partial charge in [-0.15, -0.1) is 0 Å². The van der Waals surface area contributed by atoms with Crippen LogP contribution in [0.2, 0.25) is 0 Å². The van der Waals surface area contributed by atoms with E-state index in [0.717, 1.165) is 54.3 Å². The fraction of sp³-hybridized carbons (Fsp3) is 0.269. The summed E-state index contributed by atoms with van der Waals surface area (Å²) in [5.74, 6) is 1.46. The summed E-state index contributed by atoms with van der Waals surface area (Å²) in [4.78, 5) is 7.68. The van der Waals surface area contributed by atoms with Crippen molar-refractivity contribution >= 4 is 21.7 Å². The van der Waals surface area contributed by atoms with Gasteiger partial charge in [0.25, 0.3) is 0 Å². The lowest BCUT2D eigenvalue weighted by molar-refractivity contribution is 0.269. The van der Waals surface area contributed by atoms with Gasteiger partial charge in [0.05, 0.1) is 25.4 Å². The topological polar surface area (TPSA) is 34.6 Å². The van der Waals surface area contributed by atoms with Crippen molar-refractivity contribution in [2.75, 3.05) is 27.3 Å². The first kappa shape index (κ1) is 18.9. The number of hydrogen-bond donors (Lipinski definition) is 0. The van der Waals surface area contributed by atoms with Crippen molar-refractivity contribution in [2.45, 2.75) is 19.9 Å². The summed E-state index contributed by atoms with van der Waals surface area (Å²) in [7, 11) is 3.34. The first-order valence-corrected chi connectivity index (χ1v) is 10.5. The zero-order chi connectivity index (χ0) is 20.7. The predicted octanol–water partition coefficient (Wildman–Crippen LogP) is 5.45. The molecular weight excluding hydrogens is 372 g/mol. The van der Waals surface area contributed by atoms with E-state index in [9.17, 15) is 0 Å². The van der Waals surface area contributed by atoms with Gasteiger partial charge in [-0.05, 0) is 59.1 Å². The zero-order valence-corrected chi connectivity index (χ0v) is 17.7. The number of aromatic nitrogens is 1. The van der Waals surface area contributed by atoms with E-state index in [0.29, 0.717) is 0 Å². The van der Waals surface area contributed by atoms with Crippen LogP contribution in [0.1, 0.15) is 18.1 Å². The van der Waals surface area contributed by atoms with Crippen molar-refractivity contribution < 1.29 is 9.47 Å². The normalized spacial score (nSPS) is 14.1. The molecule has 1 aliphatic rings. The summed E-state index contributed by atoms with van der Waals surface area (Å²) < 4.78 is 11.0. The molecule has 4 aromatic rings. The van der Waals surface area contributed by atoms with Gasteiger partial charge < -0.3 is 9.47 Å². The van der Waals surface area contributed by atoms with Crippen LogP contribution in [-0.2, 0) is 13.0 Å². The lowest BCUT2D eigenvalue weighted by Crippen LogP contribution is -2.31. The monoisotopic (exact) mass is 398 g/mol. The molecule has 0 saturated heterocycles. The minimum absolute atomic E-state index is 0.729. The molecule has 152 valence electrons. The summed E-state index contributed by atoms with van der Waals surface area (Å²) >= 11 is 0. The summed E-state index contributed by atoms with van der Waals surface area (Å²) in [5, 5.41) is 3.87. The van der Waals surface area contributed by atoms with Crippen LogP contribution in [0.15, 0.2) is 54.6 Å². The van der Waals surface area contributed by atoms with Gasteiger partial charge in [-0.1, -0.05) is 37.3 Å². The fourth-order valence-corrected chi connectivity index (χ4v) is 4.66. The number of fused-ring (bicyclic) bond motifs is 5. The standard InChI is InChI=1S/C26H26N2O2/c1-4-28-14-13-20-21(16-28)26(18-10-12-23(29-2)24(15-18)30-3)27-22-11-9-17-7-5-6-8-19(17)25(20)22/h5-12,15H,4,13-14,16H2,1-3H3. The molecular formula is C26H26N2O2. The smallest absolute Gasteiger partial charge is 0.161 e. The van der Waals surface area contributed by atoms with Gasteiger partial charge in [0.15, 0.2) is 11.5 Å². The van der Waals surface area contributed by atoms with E-state index >= 15 is 0 Å². The second-order valence-electron chi connectivity index (χ2n) is 7.79. The molecule has 0 atom stereocenters. The first-order valence-electron chi connectivity index (χ1n) is 10.5. The Morgan fingerprint density at radius 2 is 1.77 bits per heavy atom. The first-order chi connectivity index (χ1) is 14.7. The van der Waals surface area contributed by atoms with Gasteiger partial charge in [-0.2, -0.15) is 0 Å². The van der Waals surface area contributed by atoms with Gasteiger partial charge >= 0.3 is 0 Å². The quantitative estimate of drug-likeness (QED) is 0.428. The average Bonchev–Trinajstić information content (AvgIpc) is 2.82. The lowest BCUT2D eigenvalue weighted by atomic mass is 9.89. The molecule has 1 aliphatic heterocycles. The van der Waals surface area contributed by atoms with E-state index in [1.165, 1.54) is 27.3 Å². The number of methoxy groups -OCH3 is 2. The number of pyridine rings is 1. The Morgan fingerprint density at radius 3 is 2.57 bits per heavy atom. The van der Waals surface area contributed by atoms with Gasteiger partial charge in [0.1, 0.15) is 0 Å². The molecule has 2 heterocycles. The Hall–Kier alpha value is -3.11. The van der Waals surface area contributed by atoms with Crippen molar-refractivity contribution in [3.05, 3.63) is 65.7 Å². The molecule has 30 heavy (non-hydrogen) atoms. The third-order valence-electron chi connectivity index (χ3n) is 6.26. The molecule has 0 unspecified atom stereocenters. The molecule has 5 rings (SSSR count). The molecule has 0 aliphatic carbocycles. The van der Waals surface area contributed by atoms with Gasteiger partial charge in [-0.25, -0.2) is 4.98 Å². The molecule has 0 spiro atoms. The SMILES string of the molecule is CCN1CCc2c(c(-c3ccc(OC)c(OC)c3)nc3ccc4ccccc4c23)C1. The Labute approximate surface area is 177 Å². The second kappa shape index (κ2) is 7.62. The maximum absolute atomic E-state index is 5.57. The molecule has 0 N–H and O–H groups in total. The van der Waals surface area contributed by atoms with E-state index in [1.807, 2.05) is 12.1 Å². The van der Waals surface area contributed by atoms with E-state index < -0.39 is 0 Å². The van der Waals surface area contributed by atoms with Crippen molar-refractivity contribution in [1.29, 1.82) is 0 Å². The molecule has 0 amide bonds. The van der Waals surface area contributed by atoms with Crippen LogP contribution in [0.4, 0.5) is 0 Å². The lowest BCUT2D eigenvalue weighted by Gasteiger charge is -2.30. The Kier molecular flexibility index (Phi) is 4.80. The maximum atomic E-state index is 5.57. The third-order valence-corrected chi connectivity index (χ3v) is 6.26. The fourth-order valence-electron chi connectivity index (χ4n) is 4.66.